The fourth-order valence-electron chi connectivity index (χ4n) is 6.54. The third-order valence-corrected chi connectivity index (χ3v) is 9.70. The topological polar surface area (TPSA) is 206 Å². The molecule has 0 radical (unpaired) electrons. The number of anilines is 4. The number of aromatic nitrogens is 2. The maximum atomic E-state index is 13.5. The summed E-state index contributed by atoms with van der Waals surface area (Å²) in [5.74, 6) is -1.25. The molecule has 296 valence electrons. The van der Waals surface area contributed by atoms with Crippen LogP contribution in [0.15, 0.2) is 71.4 Å². The van der Waals surface area contributed by atoms with Crippen LogP contribution in [-0.4, -0.2) is 69.3 Å². The molecule has 1 atom stereocenters. The zero-order valence-corrected chi connectivity index (χ0v) is 32.5. The first-order valence-corrected chi connectivity index (χ1v) is 18.4. The van der Waals surface area contributed by atoms with E-state index in [4.69, 9.17) is 21.8 Å². The van der Waals surface area contributed by atoms with Crippen LogP contribution < -0.4 is 31.9 Å². The van der Waals surface area contributed by atoms with E-state index in [1.54, 1.807) is 95.1 Å². The minimum absolute atomic E-state index is 0. The number of furan rings is 1. The van der Waals surface area contributed by atoms with E-state index in [0.717, 1.165) is 18.4 Å². The van der Waals surface area contributed by atoms with Crippen LogP contribution in [0.5, 0.6) is 5.75 Å². The quantitative estimate of drug-likeness (QED) is 0.0571. The monoisotopic (exact) mass is 806 g/mol. The van der Waals surface area contributed by atoms with Crippen molar-refractivity contribution in [3.05, 3.63) is 89.7 Å². The Morgan fingerprint density at radius 2 is 1.48 bits per heavy atom. The van der Waals surface area contributed by atoms with Crippen LogP contribution in [0.25, 0.3) is 11.0 Å². The van der Waals surface area contributed by atoms with Gasteiger partial charge in [0, 0.05) is 81.4 Å². The van der Waals surface area contributed by atoms with Gasteiger partial charge in [0.05, 0.1) is 17.1 Å². The minimum atomic E-state index is -0.421. The number of nitrogens with two attached hydrogens (primary N) is 1. The van der Waals surface area contributed by atoms with Crippen LogP contribution in [0, 0.1) is 0 Å². The molecule has 1 unspecified atom stereocenters. The number of nitrogens with one attached hydrogen (secondary N) is 4. The number of carbonyl (C=O) groups is 5. The maximum absolute atomic E-state index is 13.5. The van der Waals surface area contributed by atoms with Gasteiger partial charge in [-0.05, 0) is 73.8 Å². The summed E-state index contributed by atoms with van der Waals surface area (Å²) < 4.78 is 9.06. The normalized spacial score (nSPS) is 13.2. The molecule has 56 heavy (non-hydrogen) atoms. The summed E-state index contributed by atoms with van der Waals surface area (Å²) in [7, 11) is 3.39. The van der Waals surface area contributed by atoms with Crippen LogP contribution in [0.4, 0.5) is 22.7 Å². The summed E-state index contributed by atoms with van der Waals surface area (Å²) in [6, 6.07) is 14.7. The molecular formula is C39H44Cl2N8O7. The van der Waals surface area contributed by atoms with E-state index < -0.39 is 5.91 Å². The molecule has 0 saturated heterocycles. The smallest absolute Gasteiger partial charge is 0.294 e. The van der Waals surface area contributed by atoms with Crippen molar-refractivity contribution < 1.29 is 33.5 Å². The molecule has 0 fully saturated rings. The second-order valence-electron chi connectivity index (χ2n) is 13.5. The molecule has 1 aliphatic rings. The van der Waals surface area contributed by atoms with Gasteiger partial charge in [-0.25, -0.2) is 0 Å². The van der Waals surface area contributed by atoms with E-state index in [1.807, 2.05) is 0 Å². The summed E-state index contributed by atoms with van der Waals surface area (Å²) in [4.78, 5) is 66.0. The molecule has 0 spiro atoms. The summed E-state index contributed by atoms with van der Waals surface area (Å²) in [5, 5.41) is 21.9. The molecule has 2 aromatic carbocycles. The average molecular weight is 808 g/mol. The summed E-state index contributed by atoms with van der Waals surface area (Å²) >= 11 is 6.15. The Morgan fingerprint density at radius 1 is 0.821 bits per heavy atom. The number of carbonyl (C=O) groups excluding carboxylic acids is 5. The third kappa shape index (κ3) is 9.53. The lowest BCUT2D eigenvalue weighted by molar-refractivity contribution is -0.117. The Balaban J connectivity index is 0.00000600. The Labute approximate surface area is 333 Å². The fourth-order valence-corrected chi connectivity index (χ4v) is 6.81. The van der Waals surface area contributed by atoms with Crippen LogP contribution >= 0.6 is 24.0 Å². The molecule has 3 aromatic heterocycles. The molecule has 0 saturated carbocycles. The molecule has 5 amide bonds. The van der Waals surface area contributed by atoms with Crippen LogP contribution in [0.3, 0.4) is 0 Å². The number of nitrogens with zero attached hydrogens (tertiary/aromatic N) is 3. The van der Waals surface area contributed by atoms with Crippen molar-refractivity contribution in [1.82, 2.24) is 14.5 Å². The van der Waals surface area contributed by atoms with Gasteiger partial charge in [-0.1, -0.05) is 6.07 Å². The number of rotatable bonds is 15. The first-order chi connectivity index (χ1) is 26.4. The van der Waals surface area contributed by atoms with E-state index >= 15 is 0 Å². The number of aromatic hydroxyl groups is 1. The third-order valence-electron chi connectivity index (χ3n) is 9.33. The standard InChI is InChI=1S/C39H43ClN8O7.ClH/c1-46-22-27(17-31(46)37(52)42-13-4-3-12-41)45-38(53)32-16-26(21-47(32)2)44-36(51)7-5-6-35(50)43-25-8-11-33-23(14-25)15-34(55-33)39(54)48-20-24(19-40)29-10-9-28(49)18-30(29)48;/h8-11,14-18,21-22,24,49H,3-7,12-13,19-20,41H2,1-2H3,(H,42,52)(H,43,50)(H,44,51)(H,45,53);1H. The van der Waals surface area contributed by atoms with Gasteiger partial charge in [0.2, 0.25) is 11.8 Å². The van der Waals surface area contributed by atoms with Gasteiger partial charge in [0.15, 0.2) is 5.76 Å². The molecule has 0 bridgehead atoms. The molecule has 4 heterocycles. The van der Waals surface area contributed by atoms with Gasteiger partial charge < -0.3 is 50.6 Å². The van der Waals surface area contributed by atoms with Gasteiger partial charge in [0.1, 0.15) is 22.7 Å². The molecule has 15 nitrogen and oxygen atoms in total. The van der Waals surface area contributed by atoms with Crippen molar-refractivity contribution in [2.24, 2.45) is 19.8 Å². The Kier molecular flexibility index (Phi) is 13.5. The first kappa shape index (κ1) is 41.4. The number of phenolic OH excluding ortho intramolecular Hbond substituents is 1. The van der Waals surface area contributed by atoms with E-state index in [9.17, 15) is 29.1 Å². The van der Waals surface area contributed by atoms with Crippen molar-refractivity contribution in [2.75, 3.05) is 46.4 Å². The Morgan fingerprint density at radius 3 is 2.16 bits per heavy atom. The zero-order chi connectivity index (χ0) is 39.2. The highest BCUT2D eigenvalue weighted by Gasteiger charge is 2.34. The summed E-state index contributed by atoms with van der Waals surface area (Å²) in [6.07, 6.45) is 5.27. The number of halogens is 2. The predicted molar refractivity (Wildman–Crippen MR) is 217 cm³/mol. The number of alkyl halides is 1. The van der Waals surface area contributed by atoms with Crippen LogP contribution in [-0.2, 0) is 23.7 Å². The highest BCUT2D eigenvalue weighted by Crippen LogP contribution is 2.40. The SMILES string of the molecule is Cl.Cn1cc(NC(=O)c2cc(NC(=O)CCCC(=O)Nc3ccc4oc(C(=O)N5CC(CCl)c6ccc(O)cc65)cc4c3)cn2C)cc1C(=O)NCCCCN. The molecule has 5 aromatic rings. The van der Waals surface area contributed by atoms with Gasteiger partial charge in [0.25, 0.3) is 17.7 Å². The summed E-state index contributed by atoms with van der Waals surface area (Å²) in [6.45, 7) is 1.42. The maximum Gasteiger partial charge on any atom is 0.294 e. The number of hydrogen-bond acceptors (Lipinski definition) is 8. The number of fused-ring (bicyclic) bond motifs is 2. The summed E-state index contributed by atoms with van der Waals surface area (Å²) in [5.41, 5.74) is 9.49. The van der Waals surface area contributed by atoms with Crippen LogP contribution in [0.1, 0.15) is 75.1 Å². The Bertz CT molecular complexity index is 2260. The lowest BCUT2D eigenvalue weighted by Crippen LogP contribution is -2.29. The molecule has 6 rings (SSSR count). The van der Waals surface area contributed by atoms with Crippen molar-refractivity contribution in [3.63, 3.8) is 0 Å². The van der Waals surface area contributed by atoms with E-state index in [2.05, 4.69) is 21.3 Å². The number of hydrogen-bond donors (Lipinski definition) is 6. The van der Waals surface area contributed by atoms with Crippen molar-refractivity contribution >= 4 is 87.3 Å². The van der Waals surface area contributed by atoms with E-state index in [1.165, 1.54) is 0 Å². The number of benzene rings is 2. The fraction of sp³-hybridized carbons (Fsp3) is 0.308. The van der Waals surface area contributed by atoms with Gasteiger partial charge in [-0.2, -0.15) is 0 Å². The highest BCUT2D eigenvalue weighted by atomic mass is 35.5. The zero-order valence-electron chi connectivity index (χ0n) is 30.9. The average Bonchev–Trinajstić information content (AvgIpc) is 3.93. The second kappa shape index (κ2) is 18.2. The van der Waals surface area contributed by atoms with Gasteiger partial charge in [-0.15, -0.1) is 24.0 Å². The van der Waals surface area contributed by atoms with Crippen LogP contribution in [0.2, 0.25) is 0 Å². The second-order valence-corrected chi connectivity index (χ2v) is 13.8. The van der Waals surface area contributed by atoms with Crippen molar-refractivity contribution in [1.29, 1.82) is 0 Å². The predicted octanol–water partition coefficient (Wildman–Crippen LogP) is 5.69. The molecule has 7 N–H and O–H groups in total. The molecule has 0 aliphatic carbocycles. The van der Waals surface area contributed by atoms with Crippen molar-refractivity contribution in [2.45, 2.75) is 38.0 Å². The number of amides is 5. The molecule has 1 aliphatic heterocycles. The first-order valence-electron chi connectivity index (χ1n) is 17.9. The number of phenols is 1. The van der Waals surface area contributed by atoms with Gasteiger partial charge >= 0.3 is 0 Å². The number of unbranched alkanes of at least 4 members (excludes halogenated alkanes) is 1. The molecule has 17 heteroatoms. The Hall–Kier alpha value is -5.77. The lowest BCUT2D eigenvalue weighted by atomic mass is 10.0. The molecular weight excluding hydrogens is 763 g/mol. The van der Waals surface area contributed by atoms with Crippen molar-refractivity contribution in [3.8, 4) is 5.75 Å². The van der Waals surface area contributed by atoms with Gasteiger partial charge in [-0.3, -0.25) is 24.0 Å². The largest absolute Gasteiger partial charge is 0.508 e. The van der Waals surface area contributed by atoms with E-state index in [0.29, 0.717) is 70.6 Å². The minimum Gasteiger partial charge on any atom is -0.508 e. The van der Waals surface area contributed by atoms with E-state index in [-0.39, 0.29) is 72.7 Å². The highest BCUT2D eigenvalue weighted by molar-refractivity contribution is 6.19. The lowest BCUT2D eigenvalue weighted by Gasteiger charge is -2.16. The number of aryl methyl sites for hydroxylation is 2.